The van der Waals surface area contributed by atoms with E-state index in [9.17, 15) is 4.79 Å². The van der Waals surface area contributed by atoms with Crippen LogP contribution in [0.5, 0.6) is 0 Å². The number of amides is 1. The van der Waals surface area contributed by atoms with Gasteiger partial charge < -0.3 is 9.88 Å². The number of nitrogens with one attached hydrogen (secondary N) is 1. The second-order valence-corrected chi connectivity index (χ2v) is 9.13. The lowest BCUT2D eigenvalue weighted by molar-refractivity contribution is -0.120. The van der Waals surface area contributed by atoms with Crippen LogP contribution < -0.4 is 5.32 Å². The summed E-state index contributed by atoms with van der Waals surface area (Å²) >= 11 is 1.41. The van der Waals surface area contributed by atoms with Crippen molar-refractivity contribution in [3.8, 4) is 11.4 Å². The average Bonchev–Trinajstić information content (AvgIpc) is 2.84. The Kier molecular flexibility index (Phi) is 5.93. The average molecular weight is 361 g/mol. The summed E-state index contributed by atoms with van der Waals surface area (Å²) < 4.78 is 1.92. The Morgan fingerprint density at radius 3 is 2.36 bits per heavy atom. The summed E-state index contributed by atoms with van der Waals surface area (Å²) in [5.41, 5.74) is 0.948. The third kappa shape index (κ3) is 5.88. The zero-order valence-corrected chi connectivity index (χ0v) is 16.8. The van der Waals surface area contributed by atoms with Crippen molar-refractivity contribution in [3.05, 3.63) is 30.3 Å². The van der Waals surface area contributed by atoms with Crippen LogP contribution in [0.1, 0.15) is 41.0 Å². The fourth-order valence-corrected chi connectivity index (χ4v) is 3.90. The van der Waals surface area contributed by atoms with Gasteiger partial charge in [0.2, 0.25) is 5.91 Å². The lowest BCUT2D eigenvalue weighted by atomic mass is 9.82. The molecule has 0 saturated carbocycles. The van der Waals surface area contributed by atoms with E-state index in [1.54, 1.807) is 0 Å². The molecule has 0 bridgehead atoms. The third-order valence-corrected chi connectivity index (χ3v) is 4.67. The van der Waals surface area contributed by atoms with Gasteiger partial charge in [-0.25, -0.2) is 0 Å². The summed E-state index contributed by atoms with van der Waals surface area (Å²) in [6.45, 7) is 10.7. The van der Waals surface area contributed by atoms with E-state index in [2.05, 4.69) is 50.1 Å². The van der Waals surface area contributed by atoms with Gasteiger partial charge in [0, 0.05) is 18.2 Å². The highest BCUT2D eigenvalue weighted by Crippen LogP contribution is 2.27. The number of hydrogen-bond donors (Lipinski definition) is 1. The van der Waals surface area contributed by atoms with Crippen molar-refractivity contribution < 1.29 is 4.79 Å². The molecule has 0 aliphatic heterocycles. The second-order valence-electron chi connectivity index (χ2n) is 8.19. The van der Waals surface area contributed by atoms with Crippen LogP contribution in [-0.2, 0) is 11.8 Å². The molecule has 0 fully saturated rings. The van der Waals surface area contributed by atoms with Crippen LogP contribution in [0, 0.1) is 5.41 Å². The van der Waals surface area contributed by atoms with Gasteiger partial charge in [0.1, 0.15) is 0 Å². The number of benzene rings is 1. The summed E-state index contributed by atoms with van der Waals surface area (Å²) in [5.74, 6) is 1.15. The van der Waals surface area contributed by atoms with Gasteiger partial charge in [0.05, 0.1) is 5.75 Å². The van der Waals surface area contributed by atoms with Crippen LogP contribution in [0.25, 0.3) is 11.4 Å². The van der Waals surface area contributed by atoms with Crippen LogP contribution in [-0.4, -0.2) is 32.0 Å². The van der Waals surface area contributed by atoms with E-state index in [4.69, 9.17) is 0 Å². The standard InChI is InChI=1S/C19H28N4OS/c1-18(2,3)13-19(4,5)20-15(24)12-25-17-22-21-16(23(17)6)14-10-8-7-9-11-14/h7-11H,12-13H2,1-6H3,(H,20,24). The van der Waals surface area contributed by atoms with Crippen LogP contribution in [0.3, 0.4) is 0 Å². The normalized spacial score (nSPS) is 12.2. The first-order chi connectivity index (χ1) is 11.6. The molecule has 1 aromatic carbocycles. The minimum Gasteiger partial charge on any atom is -0.350 e. The molecular weight excluding hydrogens is 332 g/mol. The Morgan fingerprint density at radius 2 is 1.76 bits per heavy atom. The summed E-state index contributed by atoms with van der Waals surface area (Å²) in [6, 6.07) is 9.92. The molecule has 6 heteroatoms. The fraction of sp³-hybridized carbons (Fsp3) is 0.526. The monoisotopic (exact) mass is 360 g/mol. The summed E-state index contributed by atoms with van der Waals surface area (Å²) in [6.07, 6.45) is 0.915. The van der Waals surface area contributed by atoms with Crippen molar-refractivity contribution in [2.24, 2.45) is 12.5 Å². The van der Waals surface area contributed by atoms with Gasteiger partial charge >= 0.3 is 0 Å². The first-order valence-corrected chi connectivity index (χ1v) is 9.45. The first kappa shape index (κ1) is 19.5. The molecule has 25 heavy (non-hydrogen) atoms. The summed E-state index contributed by atoms with van der Waals surface area (Å²) in [5, 5.41) is 12.3. The van der Waals surface area contributed by atoms with Gasteiger partial charge in [-0.05, 0) is 25.7 Å². The molecule has 0 radical (unpaired) electrons. The molecule has 136 valence electrons. The first-order valence-electron chi connectivity index (χ1n) is 8.46. The van der Waals surface area contributed by atoms with Gasteiger partial charge in [-0.1, -0.05) is 62.9 Å². The molecule has 0 aliphatic rings. The maximum Gasteiger partial charge on any atom is 0.230 e. The number of rotatable bonds is 6. The molecule has 2 aromatic rings. The SMILES string of the molecule is Cn1c(SCC(=O)NC(C)(C)CC(C)(C)C)nnc1-c1ccccc1. The molecule has 5 nitrogen and oxygen atoms in total. The van der Waals surface area contributed by atoms with Crippen molar-refractivity contribution in [1.29, 1.82) is 0 Å². The van der Waals surface area contributed by atoms with Crippen molar-refractivity contribution in [1.82, 2.24) is 20.1 Å². The van der Waals surface area contributed by atoms with E-state index in [-0.39, 0.29) is 16.9 Å². The van der Waals surface area contributed by atoms with Gasteiger partial charge in [-0.3, -0.25) is 4.79 Å². The largest absolute Gasteiger partial charge is 0.350 e. The van der Waals surface area contributed by atoms with E-state index in [1.165, 1.54) is 11.8 Å². The highest BCUT2D eigenvalue weighted by molar-refractivity contribution is 7.99. The molecule has 0 aliphatic carbocycles. The lowest BCUT2D eigenvalue weighted by Crippen LogP contribution is -2.46. The van der Waals surface area contributed by atoms with Crippen LogP contribution in [0.4, 0.5) is 0 Å². The number of thioether (sulfide) groups is 1. The van der Waals surface area contributed by atoms with Gasteiger partial charge in [0.25, 0.3) is 0 Å². The molecule has 0 atom stereocenters. The Balaban J connectivity index is 1.96. The molecule has 1 heterocycles. The van der Waals surface area contributed by atoms with Crippen molar-refractivity contribution in [2.45, 2.75) is 51.7 Å². The van der Waals surface area contributed by atoms with E-state index >= 15 is 0 Å². The van der Waals surface area contributed by atoms with Crippen molar-refractivity contribution in [3.63, 3.8) is 0 Å². The van der Waals surface area contributed by atoms with E-state index in [0.29, 0.717) is 5.75 Å². The van der Waals surface area contributed by atoms with Crippen molar-refractivity contribution in [2.75, 3.05) is 5.75 Å². The highest BCUT2D eigenvalue weighted by atomic mass is 32.2. The number of nitrogens with zero attached hydrogens (tertiary/aromatic N) is 3. The molecule has 0 unspecified atom stereocenters. The summed E-state index contributed by atoms with van der Waals surface area (Å²) in [7, 11) is 1.92. The zero-order valence-electron chi connectivity index (χ0n) is 16.0. The second kappa shape index (κ2) is 7.60. The number of aromatic nitrogens is 3. The van der Waals surface area contributed by atoms with Gasteiger partial charge in [-0.2, -0.15) is 0 Å². The Hall–Kier alpha value is -1.82. The molecule has 0 saturated heterocycles. The fourth-order valence-electron chi connectivity index (χ4n) is 3.19. The molecular formula is C19H28N4OS. The molecule has 1 aromatic heterocycles. The number of hydrogen-bond acceptors (Lipinski definition) is 4. The predicted octanol–water partition coefficient (Wildman–Crippen LogP) is 3.91. The Labute approximate surface area is 154 Å². The maximum absolute atomic E-state index is 12.3. The Morgan fingerprint density at radius 1 is 1.12 bits per heavy atom. The molecule has 1 N–H and O–H groups in total. The maximum atomic E-state index is 12.3. The minimum atomic E-state index is -0.231. The van der Waals surface area contributed by atoms with Crippen LogP contribution in [0.2, 0.25) is 0 Å². The van der Waals surface area contributed by atoms with Crippen LogP contribution >= 0.6 is 11.8 Å². The van der Waals surface area contributed by atoms with Gasteiger partial charge in [0.15, 0.2) is 11.0 Å². The molecule has 0 spiro atoms. The lowest BCUT2D eigenvalue weighted by Gasteiger charge is -2.33. The summed E-state index contributed by atoms with van der Waals surface area (Å²) in [4.78, 5) is 12.3. The zero-order chi connectivity index (χ0) is 18.7. The smallest absolute Gasteiger partial charge is 0.230 e. The molecule has 2 rings (SSSR count). The van der Waals surface area contributed by atoms with E-state index in [0.717, 1.165) is 23.0 Å². The number of carbonyl (C=O) groups excluding carboxylic acids is 1. The van der Waals surface area contributed by atoms with Crippen LogP contribution in [0.15, 0.2) is 35.5 Å². The third-order valence-electron chi connectivity index (χ3n) is 3.65. The van der Waals surface area contributed by atoms with Crippen molar-refractivity contribution >= 4 is 17.7 Å². The van der Waals surface area contributed by atoms with E-state index in [1.807, 2.05) is 41.9 Å². The topological polar surface area (TPSA) is 59.8 Å². The highest BCUT2D eigenvalue weighted by Gasteiger charge is 2.27. The van der Waals surface area contributed by atoms with Gasteiger partial charge in [-0.15, -0.1) is 10.2 Å². The Bertz CT molecular complexity index is 717. The predicted molar refractivity (Wildman–Crippen MR) is 103 cm³/mol. The quantitative estimate of drug-likeness (QED) is 0.794. The molecule has 1 amide bonds. The minimum absolute atomic E-state index is 0.0171. The van der Waals surface area contributed by atoms with E-state index < -0.39 is 0 Å². The number of carbonyl (C=O) groups is 1.